The van der Waals surface area contributed by atoms with E-state index in [-0.39, 0.29) is 11.5 Å². The van der Waals surface area contributed by atoms with Crippen LogP contribution in [0.15, 0.2) is 41.3 Å². The summed E-state index contributed by atoms with van der Waals surface area (Å²) >= 11 is 1.84. The second-order valence-corrected chi connectivity index (χ2v) is 10.3. The van der Waals surface area contributed by atoms with E-state index in [9.17, 15) is 10.2 Å². The largest absolute Gasteiger partial charge is 0.504 e. The third-order valence-electron chi connectivity index (χ3n) is 6.72. The molecule has 0 fully saturated rings. The number of fused-ring (bicyclic) bond motifs is 1. The summed E-state index contributed by atoms with van der Waals surface area (Å²) in [7, 11) is 1.73. The minimum absolute atomic E-state index is 0.00674. The van der Waals surface area contributed by atoms with Crippen LogP contribution >= 0.6 is 11.8 Å². The molecule has 1 aliphatic rings. The lowest BCUT2D eigenvalue weighted by molar-refractivity contribution is 0.175. The standard InChI is InChI=1S/C28H42N2O3S/c1-3-18-30(23-13-14-24-22(21-23)12-15-25(31)28(24)32)19-9-5-4-8-16-29-17-20-34-27-11-7-6-10-26(27)33-2/h6-7,10-12,15,23,29,31-32H,3-5,8-9,13-14,16-21H2,1-2H3. The molecule has 6 heteroatoms. The van der Waals surface area contributed by atoms with Gasteiger partial charge in [0.2, 0.25) is 0 Å². The number of hydrogen-bond acceptors (Lipinski definition) is 6. The predicted molar refractivity (Wildman–Crippen MR) is 143 cm³/mol. The number of phenolic OH excluding ortho intramolecular Hbond substituents is 2. The first kappa shape index (κ1) is 26.7. The first-order chi connectivity index (χ1) is 16.6. The molecule has 3 rings (SSSR count). The monoisotopic (exact) mass is 486 g/mol. The number of nitrogens with zero attached hydrogens (tertiary/aromatic N) is 1. The number of ether oxygens (including phenoxy) is 1. The Kier molecular flexibility index (Phi) is 11.4. The van der Waals surface area contributed by atoms with E-state index in [1.54, 1.807) is 13.2 Å². The average Bonchev–Trinajstić information content (AvgIpc) is 2.86. The number of nitrogens with one attached hydrogen (secondary N) is 1. The maximum Gasteiger partial charge on any atom is 0.160 e. The van der Waals surface area contributed by atoms with Gasteiger partial charge >= 0.3 is 0 Å². The molecule has 0 aromatic heterocycles. The van der Waals surface area contributed by atoms with Crippen molar-refractivity contribution < 1.29 is 14.9 Å². The lowest BCUT2D eigenvalue weighted by atomic mass is 9.86. The fourth-order valence-electron chi connectivity index (χ4n) is 4.89. The summed E-state index contributed by atoms with van der Waals surface area (Å²) in [5.74, 6) is 2.10. The molecule has 0 amide bonds. The minimum atomic E-state index is 0.00674. The second-order valence-electron chi connectivity index (χ2n) is 9.17. The van der Waals surface area contributed by atoms with Crippen molar-refractivity contribution in [2.45, 2.75) is 69.2 Å². The average molecular weight is 487 g/mol. The molecule has 1 aliphatic carbocycles. The molecule has 0 bridgehead atoms. The SMILES string of the molecule is CCCN(CCCCCCNCCSc1ccccc1OC)C1CCc2c(ccc(O)c2O)C1. The van der Waals surface area contributed by atoms with Crippen LogP contribution in [0.4, 0.5) is 0 Å². The number of thioether (sulfide) groups is 1. The van der Waals surface area contributed by atoms with E-state index in [1.807, 2.05) is 30.0 Å². The molecule has 2 aromatic carbocycles. The normalized spacial score (nSPS) is 15.4. The van der Waals surface area contributed by atoms with Gasteiger partial charge in [-0.05, 0) is 81.9 Å². The van der Waals surface area contributed by atoms with Crippen molar-refractivity contribution in [1.82, 2.24) is 10.2 Å². The van der Waals surface area contributed by atoms with Gasteiger partial charge in [0.25, 0.3) is 0 Å². The molecule has 0 aliphatic heterocycles. The number of aromatic hydroxyl groups is 2. The summed E-state index contributed by atoms with van der Waals surface area (Å²) in [6.45, 7) is 6.65. The maximum atomic E-state index is 10.2. The number of rotatable bonds is 15. The zero-order valence-electron chi connectivity index (χ0n) is 20.9. The molecule has 0 radical (unpaired) electrons. The molecule has 1 atom stereocenters. The van der Waals surface area contributed by atoms with E-state index < -0.39 is 0 Å². The Morgan fingerprint density at radius 2 is 1.85 bits per heavy atom. The van der Waals surface area contributed by atoms with Crippen molar-refractivity contribution in [3.8, 4) is 17.2 Å². The number of para-hydroxylation sites is 1. The van der Waals surface area contributed by atoms with E-state index in [2.05, 4.69) is 29.3 Å². The Morgan fingerprint density at radius 1 is 1.03 bits per heavy atom. The summed E-state index contributed by atoms with van der Waals surface area (Å²) in [4.78, 5) is 3.86. The quantitative estimate of drug-likeness (QED) is 0.173. The maximum absolute atomic E-state index is 10.2. The highest BCUT2D eigenvalue weighted by Gasteiger charge is 2.26. The van der Waals surface area contributed by atoms with E-state index in [0.29, 0.717) is 6.04 Å². The lowest BCUT2D eigenvalue weighted by Crippen LogP contribution is -2.40. The molecule has 1 unspecified atom stereocenters. The third kappa shape index (κ3) is 7.82. The van der Waals surface area contributed by atoms with Crippen molar-refractivity contribution in [2.75, 3.05) is 39.0 Å². The third-order valence-corrected chi connectivity index (χ3v) is 7.78. The molecule has 3 N–H and O–H groups in total. The topological polar surface area (TPSA) is 65.0 Å². The molecular formula is C28H42N2O3S. The highest BCUT2D eigenvalue weighted by molar-refractivity contribution is 7.99. The van der Waals surface area contributed by atoms with Gasteiger partial charge in [0, 0.05) is 28.8 Å². The Labute approximate surface area is 209 Å². The van der Waals surface area contributed by atoms with Crippen molar-refractivity contribution in [3.63, 3.8) is 0 Å². The van der Waals surface area contributed by atoms with Crippen LogP contribution in [0.2, 0.25) is 0 Å². The van der Waals surface area contributed by atoms with Crippen molar-refractivity contribution >= 4 is 11.8 Å². The minimum Gasteiger partial charge on any atom is -0.504 e. The Balaban J connectivity index is 1.28. The van der Waals surface area contributed by atoms with Gasteiger partial charge in [0.15, 0.2) is 11.5 Å². The van der Waals surface area contributed by atoms with Gasteiger partial charge in [0.1, 0.15) is 5.75 Å². The number of methoxy groups -OCH3 is 1. The number of unbranched alkanes of at least 4 members (excludes halogenated alkanes) is 3. The van der Waals surface area contributed by atoms with E-state index in [4.69, 9.17) is 4.74 Å². The van der Waals surface area contributed by atoms with Crippen LogP contribution in [0.25, 0.3) is 0 Å². The zero-order valence-corrected chi connectivity index (χ0v) is 21.7. The Bertz CT molecular complexity index is 877. The van der Waals surface area contributed by atoms with E-state index in [0.717, 1.165) is 62.5 Å². The van der Waals surface area contributed by atoms with E-state index >= 15 is 0 Å². The van der Waals surface area contributed by atoms with Crippen LogP contribution < -0.4 is 10.1 Å². The highest BCUT2D eigenvalue weighted by Crippen LogP contribution is 2.36. The van der Waals surface area contributed by atoms with Crippen molar-refractivity contribution in [3.05, 3.63) is 47.5 Å². The zero-order chi connectivity index (χ0) is 24.2. The fraction of sp³-hybridized carbons (Fsp3) is 0.571. The Morgan fingerprint density at radius 3 is 2.68 bits per heavy atom. The van der Waals surface area contributed by atoms with Crippen molar-refractivity contribution in [1.29, 1.82) is 0 Å². The predicted octanol–water partition coefficient (Wildman–Crippen LogP) is 5.62. The number of phenols is 2. The van der Waals surface area contributed by atoms with Gasteiger partial charge in [-0.3, -0.25) is 0 Å². The van der Waals surface area contributed by atoms with Gasteiger partial charge in [-0.1, -0.05) is 38.0 Å². The molecule has 188 valence electrons. The first-order valence-corrected chi connectivity index (χ1v) is 13.9. The summed E-state index contributed by atoms with van der Waals surface area (Å²) in [5, 5.41) is 23.5. The summed E-state index contributed by atoms with van der Waals surface area (Å²) in [6, 6.07) is 12.4. The smallest absolute Gasteiger partial charge is 0.160 e. The molecule has 5 nitrogen and oxygen atoms in total. The van der Waals surface area contributed by atoms with Gasteiger partial charge in [-0.15, -0.1) is 11.8 Å². The van der Waals surface area contributed by atoms with E-state index in [1.165, 1.54) is 42.6 Å². The van der Waals surface area contributed by atoms with Crippen LogP contribution in [0, 0.1) is 0 Å². The fourth-order valence-corrected chi connectivity index (χ4v) is 5.83. The molecule has 2 aromatic rings. The molecule has 0 saturated heterocycles. The van der Waals surface area contributed by atoms with Crippen LogP contribution in [0.1, 0.15) is 56.6 Å². The summed E-state index contributed by atoms with van der Waals surface area (Å²) < 4.78 is 5.41. The lowest BCUT2D eigenvalue weighted by Gasteiger charge is -2.35. The van der Waals surface area contributed by atoms with Gasteiger partial charge in [-0.25, -0.2) is 0 Å². The summed E-state index contributed by atoms with van der Waals surface area (Å²) in [6.07, 6.45) is 9.06. The van der Waals surface area contributed by atoms with Gasteiger partial charge in [-0.2, -0.15) is 0 Å². The molecular weight excluding hydrogens is 444 g/mol. The number of hydrogen-bond donors (Lipinski definition) is 3. The molecule has 0 spiro atoms. The van der Waals surface area contributed by atoms with Gasteiger partial charge in [0.05, 0.1) is 7.11 Å². The molecule has 34 heavy (non-hydrogen) atoms. The summed E-state index contributed by atoms with van der Waals surface area (Å²) in [5.41, 5.74) is 2.14. The first-order valence-electron chi connectivity index (χ1n) is 12.9. The highest BCUT2D eigenvalue weighted by atomic mass is 32.2. The van der Waals surface area contributed by atoms with Crippen LogP contribution in [0.5, 0.6) is 17.2 Å². The van der Waals surface area contributed by atoms with Crippen LogP contribution in [-0.4, -0.2) is 60.2 Å². The van der Waals surface area contributed by atoms with Gasteiger partial charge < -0.3 is 25.2 Å². The van der Waals surface area contributed by atoms with Crippen LogP contribution in [-0.2, 0) is 12.8 Å². The van der Waals surface area contributed by atoms with Crippen molar-refractivity contribution in [2.24, 2.45) is 0 Å². The molecule has 0 saturated carbocycles. The number of benzene rings is 2. The molecule has 0 heterocycles. The van der Waals surface area contributed by atoms with Crippen LogP contribution in [0.3, 0.4) is 0 Å². The second kappa shape index (κ2) is 14.5. The Hall–Kier alpha value is -1.89.